The average Bonchev–Trinajstić information content (AvgIpc) is 3.59. The lowest BCUT2D eigenvalue weighted by Crippen LogP contribution is -2.16. The van der Waals surface area contributed by atoms with Crippen LogP contribution in [0.5, 0.6) is 0 Å². The van der Waals surface area contributed by atoms with E-state index >= 15 is 0 Å². The Balaban J connectivity index is 1.27. The quantitative estimate of drug-likeness (QED) is 0.390. The summed E-state index contributed by atoms with van der Waals surface area (Å²) >= 11 is 1.43. The molecule has 0 atom stereocenters. The number of hydrogen-bond acceptors (Lipinski definition) is 5. The van der Waals surface area contributed by atoms with Gasteiger partial charge in [0.2, 0.25) is 5.91 Å². The molecule has 1 amide bonds. The first-order valence-electron chi connectivity index (χ1n) is 10.7. The van der Waals surface area contributed by atoms with Crippen LogP contribution < -0.4 is 5.32 Å². The van der Waals surface area contributed by atoms with Crippen molar-refractivity contribution in [1.29, 1.82) is 0 Å². The highest BCUT2D eigenvalue weighted by Crippen LogP contribution is 2.41. The summed E-state index contributed by atoms with van der Waals surface area (Å²) in [4.78, 5) is 16.9. The number of anilines is 1. The number of carbonyl (C=O) groups excluding carboxylic acids is 1. The van der Waals surface area contributed by atoms with E-state index in [1.54, 1.807) is 12.4 Å². The number of para-hydroxylation sites is 1. The fraction of sp³-hybridized carbons (Fsp3) is 0.200. The predicted octanol–water partition coefficient (Wildman–Crippen LogP) is 5.00. The van der Waals surface area contributed by atoms with E-state index in [-0.39, 0.29) is 11.7 Å². The summed E-state index contributed by atoms with van der Waals surface area (Å²) in [7, 11) is 0. The number of nitrogens with one attached hydrogen (secondary N) is 1. The predicted molar refractivity (Wildman–Crippen MR) is 127 cm³/mol. The molecular formula is C25H23N5OS. The topological polar surface area (TPSA) is 72.7 Å². The van der Waals surface area contributed by atoms with Crippen LogP contribution in [0.25, 0.3) is 11.4 Å². The maximum atomic E-state index is 12.8. The van der Waals surface area contributed by atoms with Crippen molar-refractivity contribution >= 4 is 23.4 Å². The van der Waals surface area contributed by atoms with Crippen LogP contribution in [0.4, 0.5) is 5.69 Å². The lowest BCUT2D eigenvalue weighted by Gasteiger charge is -2.12. The van der Waals surface area contributed by atoms with E-state index in [0.717, 1.165) is 47.1 Å². The molecule has 2 aromatic heterocycles. The summed E-state index contributed by atoms with van der Waals surface area (Å²) in [6, 6.07) is 22.5. The number of pyridine rings is 1. The summed E-state index contributed by atoms with van der Waals surface area (Å²) in [5.41, 5.74) is 4.15. The van der Waals surface area contributed by atoms with Crippen molar-refractivity contribution in [3.63, 3.8) is 0 Å². The molecule has 0 bridgehead atoms. The highest BCUT2D eigenvalue weighted by atomic mass is 32.2. The number of carbonyl (C=O) groups is 1. The first-order valence-corrected chi connectivity index (χ1v) is 11.7. The molecule has 0 unspecified atom stereocenters. The van der Waals surface area contributed by atoms with Gasteiger partial charge < -0.3 is 5.32 Å². The number of thioether (sulfide) groups is 1. The van der Waals surface area contributed by atoms with E-state index in [9.17, 15) is 4.79 Å². The lowest BCUT2D eigenvalue weighted by atomic mass is 10.0. The largest absolute Gasteiger partial charge is 0.325 e. The number of hydrogen-bond donors (Lipinski definition) is 1. The molecule has 1 fully saturated rings. The van der Waals surface area contributed by atoms with Crippen molar-refractivity contribution in [2.24, 2.45) is 0 Å². The molecule has 1 N–H and O–H groups in total. The number of rotatable bonds is 8. The van der Waals surface area contributed by atoms with E-state index in [2.05, 4.69) is 43.3 Å². The molecule has 1 aliphatic carbocycles. The van der Waals surface area contributed by atoms with E-state index in [4.69, 9.17) is 0 Å². The zero-order valence-corrected chi connectivity index (χ0v) is 18.3. The molecular weight excluding hydrogens is 418 g/mol. The average molecular weight is 442 g/mol. The minimum atomic E-state index is -0.0497. The third-order valence-electron chi connectivity index (χ3n) is 5.38. The van der Waals surface area contributed by atoms with Crippen molar-refractivity contribution in [1.82, 2.24) is 19.7 Å². The van der Waals surface area contributed by atoms with Crippen molar-refractivity contribution in [3.8, 4) is 11.4 Å². The van der Waals surface area contributed by atoms with Gasteiger partial charge in [-0.25, -0.2) is 0 Å². The molecule has 32 heavy (non-hydrogen) atoms. The molecule has 0 saturated heterocycles. The van der Waals surface area contributed by atoms with Crippen LogP contribution in [0.1, 0.15) is 30.0 Å². The molecule has 4 aromatic rings. The third kappa shape index (κ3) is 4.73. The van der Waals surface area contributed by atoms with E-state index < -0.39 is 0 Å². The normalized spacial score (nSPS) is 13.1. The van der Waals surface area contributed by atoms with E-state index in [1.807, 2.05) is 48.5 Å². The lowest BCUT2D eigenvalue weighted by molar-refractivity contribution is -0.113. The highest BCUT2D eigenvalue weighted by Gasteiger charge is 2.30. The molecule has 0 aliphatic heterocycles. The smallest absolute Gasteiger partial charge is 0.234 e. The standard InChI is InChI=1S/C25H23N5OS/c31-23(27-22-9-5-4-8-20(22)16-18-6-2-1-3-7-18)17-32-25-29-28-24(30(25)21-10-11-21)19-12-14-26-15-13-19/h1-9,12-15,21H,10-11,16-17H2,(H,27,31). The van der Waals surface area contributed by atoms with Crippen LogP contribution in [-0.4, -0.2) is 31.4 Å². The number of amides is 1. The van der Waals surface area contributed by atoms with Crippen molar-refractivity contribution in [2.75, 3.05) is 11.1 Å². The Labute approximate surface area is 191 Å². The molecule has 2 aromatic carbocycles. The molecule has 7 heteroatoms. The van der Waals surface area contributed by atoms with Gasteiger partial charge in [0.05, 0.1) is 5.75 Å². The summed E-state index contributed by atoms with van der Waals surface area (Å²) < 4.78 is 2.16. The first-order chi connectivity index (χ1) is 15.8. The van der Waals surface area contributed by atoms with Crippen LogP contribution in [-0.2, 0) is 11.2 Å². The highest BCUT2D eigenvalue weighted by molar-refractivity contribution is 7.99. The van der Waals surface area contributed by atoms with Gasteiger partial charge in [0.1, 0.15) is 0 Å². The SMILES string of the molecule is O=C(CSc1nnc(-c2ccncc2)n1C1CC1)Nc1ccccc1Cc1ccccc1. The second-order valence-electron chi connectivity index (χ2n) is 7.80. The minimum Gasteiger partial charge on any atom is -0.325 e. The van der Waals surface area contributed by atoms with Gasteiger partial charge in [-0.1, -0.05) is 60.3 Å². The molecule has 1 saturated carbocycles. The van der Waals surface area contributed by atoms with Crippen LogP contribution in [0.3, 0.4) is 0 Å². The van der Waals surface area contributed by atoms with E-state index in [1.165, 1.54) is 17.3 Å². The van der Waals surface area contributed by atoms with Gasteiger partial charge in [-0.15, -0.1) is 10.2 Å². The van der Waals surface area contributed by atoms with E-state index in [0.29, 0.717) is 6.04 Å². The number of aromatic nitrogens is 4. The summed E-state index contributed by atoms with van der Waals surface area (Å²) in [5, 5.41) is 12.6. The number of nitrogens with zero attached hydrogens (tertiary/aromatic N) is 4. The fourth-order valence-electron chi connectivity index (χ4n) is 3.66. The molecule has 0 spiro atoms. The summed E-state index contributed by atoms with van der Waals surface area (Å²) in [6.07, 6.45) is 6.52. The van der Waals surface area contributed by atoms with Gasteiger partial charge in [0.25, 0.3) is 0 Å². The third-order valence-corrected chi connectivity index (χ3v) is 6.32. The second-order valence-corrected chi connectivity index (χ2v) is 8.74. The van der Waals surface area contributed by atoms with Gasteiger partial charge in [0, 0.05) is 29.7 Å². The van der Waals surface area contributed by atoms with Gasteiger partial charge in [-0.3, -0.25) is 14.3 Å². The van der Waals surface area contributed by atoms with Gasteiger partial charge in [-0.2, -0.15) is 0 Å². The van der Waals surface area contributed by atoms with Crippen molar-refractivity contribution < 1.29 is 4.79 Å². The second kappa shape index (κ2) is 9.36. The monoisotopic (exact) mass is 441 g/mol. The van der Waals surface area contributed by atoms with Gasteiger partial charge in [0.15, 0.2) is 11.0 Å². The van der Waals surface area contributed by atoms with Gasteiger partial charge in [-0.05, 0) is 48.6 Å². The van der Waals surface area contributed by atoms with Crippen LogP contribution in [0.2, 0.25) is 0 Å². The minimum absolute atomic E-state index is 0.0497. The molecule has 5 rings (SSSR count). The number of benzene rings is 2. The Morgan fingerprint density at radius 1 is 0.969 bits per heavy atom. The molecule has 1 aliphatic rings. The molecule has 2 heterocycles. The zero-order chi connectivity index (χ0) is 21.8. The summed E-state index contributed by atoms with van der Waals surface area (Å²) in [6.45, 7) is 0. The Kier molecular flexibility index (Phi) is 5.98. The molecule has 0 radical (unpaired) electrons. The molecule has 6 nitrogen and oxygen atoms in total. The van der Waals surface area contributed by atoms with Crippen molar-refractivity contribution in [2.45, 2.75) is 30.5 Å². The Morgan fingerprint density at radius 2 is 1.72 bits per heavy atom. The maximum Gasteiger partial charge on any atom is 0.234 e. The zero-order valence-electron chi connectivity index (χ0n) is 17.5. The van der Waals surface area contributed by atoms with Crippen molar-refractivity contribution in [3.05, 3.63) is 90.3 Å². The maximum absolute atomic E-state index is 12.8. The fourth-order valence-corrected chi connectivity index (χ4v) is 4.47. The van der Waals surface area contributed by atoms with Crippen LogP contribution in [0, 0.1) is 0 Å². The first kappa shape index (κ1) is 20.5. The van der Waals surface area contributed by atoms with Crippen LogP contribution >= 0.6 is 11.8 Å². The van der Waals surface area contributed by atoms with Gasteiger partial charge >= 0.3 is 0 Å². The summed E-state index contributed by atoms with van der Waals surface area (Å²) in [5.74, 6) is 1.07. The Hall–Kier alpha value is -3.45. The Bertz CT molecular complexity index is 1210. The Morgan fingerprint density at radius 3 is 2.50 bits per heavy atom. The van der Waals surface area contributed by atoms with Crippen LogP contribution in [0.15, 0.2) is 84.3 Å². The molecule has 160 valence electrons.